The lowest BCUT2D eigenvalue weighted by Gasteiger charge is -2.16. The number of hydrogen-bond acceptors (Lipinski definition) is 5. The monoisotopic (exact) mass is 346 g/mol. The Bertz CT molecular complexity index is 685. The van der Waals surface area contributed by atoms with E-state index in [2.05, 4.69) is 4.74 Å². The van der Waals surface area contributed by atoms with Gasteiger partial charge in [0, 0.05) is 18.2 Å². The summed E-state index contributed by atoms with van der Waals surface area (Å²) in [4.78, 5) is 32.7. The zero-order valence-corrected chi connectivity index (χ0v) is 12.6. The molecular weight excluding hydrogens is 333 g/mol. The average Bonchev–Trinajstić information content (AvgIpc) is 2.46. The minimum atomic E-state index is -4.92. The topological polar surface area (TPSA) is 98.5 Å². The second-order valence-corrected chi connectivity index (χ2v) is 4.55. The molecule has 1 rings (SSSR count). The first-order valence-electron chi connectivity index (χ1n) is 6.56. The van der Waals surface area contributed by atoms with Crippen LogP contribution in [0.2, 0.25) is 0 Å². The van der Waals surface area contributed by atoms with Crippen molar-refractivity contribution in [2.75, 3.05) is 5.32 Å². The Morgan fingerprint density at radius 3 is 2.50 bits per heavy atom. The van der Waals surface area contributed by atoms with E-state index >= 15 is 0 Å². The number of amides is 1. The molecule has 0 aliphatic heterocycles. The fourth-order valence-corrected chi connectivity index (χ4v) is 1.63. The van der Waals surface area contributed by atoms with Crippen LogP contribution in [0.4, 0.5) is 24.5 Å². The fourth-order valence-electron chi connectivity index (χ4n) is 1.63. The maximum Gasteiger partial charge on any atom is 0.418 e. The Kier molecular flexibility index (Phi) is 6.04. The maximum atomic E-state index is 13.0. The van der Waals surface area contributed by atoms with Crippen LogP contribution < -0.4 is 5.32 Å². The van der Waals surface area contributed by atoms with E-state index in [1.54, 1.807) is 6.92 Å². The van der Waals surface area contributed by atoms with Crippen molar-refractivity contribution in [1.29, 1.82) is 0 Å². The molecule has 1 aromatic rings. The summed E-state index contributed by atoms with van der Waals surface area (Å²) in [7, 11) is 0. The van der Waals surface area contributed by atoms with Gasteiger partial charge >= 0.3 is 12.1 Å². The van der Waals surface area contributed by atoms with Gasteiger partial charge < -0.3 is 10.1 Å². The number of nitrogens with one attached hydrogen (secondary N) is 1. The van der Waals surface area contributed by atoms with E-state index in [1.165, 1.54) is 13.0 Å². The molecule has 1 atom stereocenters. The SMILES string of the molecule is C/C=C/C(=O)O[C@H](C)C(=O)Nc1ccc([N+](=O)[O-])cc1C(F)(F)F. The van der Waals surface area contributed by atoms with Crippen LogP contribution in [0.1, 0.15) is 19.4 Å². The highest BCUT2D eigenvalue weighted by molar-refractivity contribution is 5.96. The Balaban J connectivity index is 3.03. The molecule has 0 unspecified atom stereocenters. The number of nitro benzene ring substituents is 1. The van der Waals surface area contributed by atoms with E-state index in [0.717, 1.165) is 18.2 Å². The number of hydrogen-bond donors (Lipinski definition) is 1. The van der Waals surface area contributed by atoms with Crippen LogP contribution in [0.25, 0.3) is 0 Å². The molecule has 0 spiro atoms. The second-order valence-electron chi connectivity index (χ2n) is 4.55. The van der Waals surface area contributed by atoms with Gasteiger partial charge in [0.05, 0.1) is 16.2 Å². The molecule has 0 aliphatic rings. The highest BCUT2D eigenvalue weighted by Gasteiger charge is 2.36. The number of carbonyl (C=O) groups excluding carboxylic acids is 2. The molecule has 0 radical (unpaired) electrons. The summed E-state index contributed by atoms with van der Waals surface area (Å²) in [5.41, 5.74) is -2.82. The second kappa shape index (κ2) is 7.57. The van der Waals surface area contributed by atoms with E-state index in [9.17, 15) is 32.9 Å². The number of nitro groups is 1. The number of alkyl halides is 3. The van der Waals surface area contributed by atoms with E-state index < -0.39 is 46.0 Å². The van der Waals surface area contributed by atoms with Crippen molar-refractivity contribution in [3.63, 3.8) is 0 Å². The quantitative estimate of drug-likeness (QED) is 0.382. The molecular formula is C14H13F3N2O5. The maximum absolute atomic E-state index is 13.0. The molecule has 0 fully saturated rings. The van der Waals surface area contributed by atoms with Gasteiger partial charge in [0.2, 0.25) is 0 Å². The number of nitrogens with zero attached hydrogens (tertiary/aromatic N) is 1. The van der Waals surface area contributed by atoms with E-state index in [1.807, 2.05) is 5.32 Å². The van der Waals surface area contributed by atoms with Gasteiger partial charge in [0.15, 0.2) is 6.10 Å². The third-order valence-corrected chi connectivity index (χ3v) is 2.74. The van der Waals surface area contributed by atoms with Gasteiger partial charge in [-0.05, 0) is 19.9 Å². The summed E-state index contributed by atoms with van der Waals surface area (Å²) in [6.07, 6.45) is -3.87. The molecule has 0 saturated heterocycles. The predicted octanol–water partition coefficient (Wildman–Crippen LogP) is 3.06. The van der Waals surface area contributed by atoms with Crippen LogP contribution in [0, 0.1) is 10.1 Å². The largest absolute Gasteiger partial charge is 0.449 e. The number of halogens is 3. The highest BCUT2D eigenvalue weighted by atomic mass is 19.4. The molecule has 7 nitrogen and oxygen atoms in total. The van der Waals surface area contributed by atoms with Crippen molar-refractivity contribution in [3.8, 4) is 0 Å². The molecule has 1 amide bonds. The van der Waals surface area contributed by atoms with E-state index in [4.69, 9.17) is 0 Å². The lowest BCUT2D eigenvalue weighted by molar-refractivity contribution is -0.385. The Hall–Kier alpha value is -2.91. The molecule has 130 valence electrons. The van der Waals surface area contributed by atoms with Gasteiger partial charge in [-0.3, -0.25) is 14.9 Å². The molecule has 0 heterocycles. The molecule has 10 heteroatoms. The van der Waals surface area contributed by atoms with Crippen LogP contribution in [-0.2, 0) is 20.5 Å². The fraction of sp³-hybridized carbons (Fsp3) is 0.286. The standard InChI is InChI=1S/C14H13F3N2O5/c1-3-4-12(20)24-8(2)13(21)18-11-6-5-9(19(22)23)7-10(11)14(15,16)17/h3-8H,1-2H3,(H,18,21)/b4-3+/t8-/m1/s1. The Morgan fingerprint density at radius 2 is 2.00 bits per heavy atom. The van der Waals surface area contributed by atoms with Crippen molar-refractivity contribution in [1.82, 2.24) is 0 Å². The summed E-state index contributed by atoms with van der Waals surface area (Å²) in [6.45, 7) is 2.72. The normalized spacial score (nSPS) is 12.7. The zero-order valence-electron chi connectivity index (χ0n) is 12.6. The summed E-state index contributed by atoms with van der Waals surface area (Å²) >= 11 is 0. The first-order chi connectivity index (χ1) is 11.1. The van der Waals surface area contributed by atoms with E-state index in [0.29, 0.717) is 6.07 Å². The third kappa shape index (κ3) is 5.07. The predicted molar refractivity (Wildman–Crippen MR) is 77.1 cm³/mol. The van der Waals surface area contributed by atoms with Crippen molar-refractivity contribution in [2.24, 2.45) is 0 Å². The lowest BCUT2D eigenvalue weighted by atomic mass is 10.1. The van der Waals surface area contributed by atoms with Crippen molar-refractivity contribution < 1.29 is 32.4 Å². The van der Waals surface area contributed by atoms with Crippen LogP contribution in [0.3, 0.4) is 0 Å². The van der Waals surface area contributed by atoms with Gasteiger partial charge in [0.1, 0.15) is 0 Å². The van der Waals surface area contributed by atoms with E-state index in [-0.39, 0.29) is 0 Å². The summed E-state index contributed by atoms with van der Waals surface area (Å²) in [5.74, 6) is -1.84. The third-order valence-electron chi connectivity index (χ3n) is 2.74. The minimum absolute atomic E-state index is 0.312. The van der Waals surface area contributed by atoms with Gasteiger partial charge in [-0.25, -0.2) is 4.79 Å². The highest BCUT2D eigenvalue weighted by Crippen LogP contribution is 2.37. The first-order valence-corrected chi connectivity index (χ1v) is 6.56. The minimum Gasteiger partial charge on any atom is -0.449 e. The van der Waals surface area contributed by atoms with Gasteiger partial charge in [0.25, 0.3) is 11.6 Å². The smallest absolute Gasteiger partial charge is 0.418 e. The Morgan fingerprint density at radius 1 is 1.38 bits per heavy atom. The van der Waals surface area contributed by atoms with Crippen LogP contribution in [0.15, 0.2) is 30.4 Å². The number of non-ortho nitro benzene ring substituents is 1. The average molecular weight is 346 g/mol. The summed E-state index contributed by atoms with van der Waals surface area (Å²) in [6, 6.07) is 1.90. The van der Waals surface area contributed by atoms with Crippen molar-refractivity contribution in [3.05, 3.63) is 46.0 Å². The van der Waals surface area contributed by atoms with Gasteiger partial charge in [-0.1, -0.05) is 6.08 Å². The first kappa shape index (κ1) is 19.1. The van der Waals surface area contributed by atoms with Gasteiger partial charge in [-0.15, -0.1) is 0 Å². The Labute approximate surface area is 134 Å². The van der Waals surface area contributed by atoms with Crippen LogP contribution >= 0.6 is 0 Å². The van der Waals surface area contributed by atoms with Crippen LogP contribution in [-0.4, -0.2) is 22.9 Å². The van der Waals surface area contributed by atoms with Crippen LogP contribution in [0.5, 0.6) is 0 Å². The number of anilines is 1. The number of allylic oxidation sites excluding steroid dienone is 1. The zero-order chi connectivity index (χ0) is 18.5. The molecule has 1 N–H and O–H groups in total. The number of benzene rings is 1. The van der Waals surface area contributed by atoms with Crippen molar-refractivity contribution in [2.45, 2.75) is 26.1 Å². The molecule has 0 saturated carbocycles. The van der Waals surface area contributed by atoms with Gasteiger partial charge in [-0.2, -0.15) is 13.2 Å². The van der Waals surface area contributed by atoms with Crippen molar-refractivity contribution >= 4 is 23.3 Å². The molecule has 0 bridgehead atoms. The number of rotatable bonds is 5. The summed E-state index contributed by atoms with van der Waals surface area (Å²) < 4.78 is 43.6. The molecule has 0 aromatic heterocycles. The number of esters is 1. The number of ether oxygens (including phenoxy) is 1. The molecule has 1 aromatic carbocycles. The molecule has 24 heavy (non-hydrogen) atoms. The summed E-state index contributed by atoms with van der Waals surface area (Å²) in [5, 5.41) is 12.5. The molecule has 0 aliphatic carbocycles. The lowest BCUT2D eigenvalue weighted by Crippen LogP contribution is -2.30. The number of carbonyl (C=O) groups is 2.